The highest BCUT2D eigenvalue weighted by atomic mass is 35.5. The van der Waals surface area contributed by atoms with E-state index in [9.17, 15) is 14.9 Å². The van der Waals surface area contributed by atoms with E-state index in [0.717, 1.165) is 11.3 Å². The van der Waals surface area contributed by atoms with Crippen LogP contribution in [0.3, 0.4) is 0 Å². The largest absolute Gasteiger partial charge is 0.378 e. The highest BCUT2D eigenvalue weighted by Crippen LogP contribution is 2.28. The summed E-state index contributed by atoms with van der Waals surface area (Å²) in [6.45, 7) is 0. The fourth-order valence-corrected chi connectivity index (χ4v) is 3.52. The van der Waals surface area contributed by atoms with Gasteiger partial charge >= 0.3 is 0 Å². The Morgan fingerprint density at radius 2 is 1.93 bits per heavy atom. The van der Waals surface area contributed by atoms with Gasteiger partial charge in [0.2, 0.25) is 5.91 Å². The normalized spacial score (nSPS) is 10.7. The first-order valence-corrected chi connectivity index (χ1v) is 10.2. The first-order valence-electron chi connectivity index (χ1n) is 8.80. The van der Waals surface area contributed by atoms with Crippen molar-refractivity contribution >= 4 is 46.3 Å². The Labute approximate surface area is 182 Å². The predicted octanol–water partition coefficient (Wildman–Crippen LogP) is 3.84. The second-order valence-electron chi connectivity index (χ2n) is 6.56. The van der Waals surface area contributed by atoms with Crippen LogP contribution in [0.1, 0.15) is 0 Å². The number of aromatic nitrogens is 3. The quantitative estimate of drug-likeness (QED) is 0.334. The summed E-state index contributed by atoms with van der Waals surface area (Å²) in [5, 5.41) is 22.7. The average molecular weight is 447 g/mol. The smallest absolute Gasteiger partial charge is 0.271 e. The first-order chi connectivity index (χ1) is 14.3. The zero-order valence-electron chi connectivity index (χ0n) is 16.5. The molecule has 0 radical (unpaired) electrons. The van der Waals surface area contributed by atoms with Crippen LogP contribution < -0.4 is 10.2 Å². The van der Waals surface area contributed by atoms with Crippen molar-refractivity contribution in [1.82, 2.24) is 14.8 Å². The molecule has 0 atom stereocenters. The molecule has 0 fully saturated rings. The van der Waals surface area contributed by atoms with E-state index in [-0.39, 0.29) is 28.1 Å². The van der Waals surface area contributed by atoms with Gasteiger partial charge in [-0.3, -0.25) is 14.9 Å². The van der Waals surface area contributed by atoms with Crippen LogP contribution in [0.25, 0.3) is 11.4 Å². The van der Waals surface area contributed by atoms with Crippen LogP contribution >= 0.6 is 23.4 Å². The van der Waals surface area contributed by atoms with Crippen molar-refractivity contribution in [3.63, 3.8) is 0 Å². The Bertz CT molecular complexity index is 1080. The summed E-state index contributed by atoms with van der Waals surface area (Å²) >= 11 is 7.22. The van der Waals surface area contributed by atoms with Crippen molar-refractivity contribution in [2.24, 2.45) is 7.05 Å². The lowest BCUT2D eigenvalue weighted by atomic mass is 10.2. The number of nitrogens with zero attached hydrogens (tertiary/aromatic N) is 5. The zero-order chi connectivity index (χ0) is 21.8. The highest BCUT2D eigenvalue weighted by Gasteiger charge is 2.15. The van der Waals surface area contributed by atoms with Gasteiger partial charge in [-0.15, -0.1) is 10.2 Å². The predicted molar refractivity (Wildman–Crippen MR) is 118 cm³/mol. The molecule has 11 heteroatoms. The van der Waals surface area contributed by atoms with Gasteiger partial charge in [-0.2, -0.15) is 0 Å². The number of amides is 1. The van der Waals surface area contributed by atoms with E-state index in [1.54, 1.807) is 0 Å². The van der Waals surface area contributed by atoms with Gasteiger partial charge in [0.15, 0.2) is 11.0 Å². The standard InChI is InChI=1S/C19H19ClN6O3S/c1-24(2)13-6-4-12(5-7-13)18-22-23-19(25(18)3)30-11-17(27)21-16-10-14(26(28)29)8-9-15(16)20/h4-10H,11H2,1-3H3,(H,21,27). The number of hydrogen-bond acceptors (Lipinski definition) is 7. The van der Waals surface area contributed by atoms with Gasteiger partial charge in [-0.05, 0) is 30.3 Å². The number of non-ortho nitro benzene ring substituents is 1. The minimum atomic E-state index is -0.549. The molecular weight excluding hydrogens is 428 g/mol. The minimum Gasteiger partial charge on any atom is -0.378 e. The molecule has 2 aromatic carbocycles. The maximum atomic E-state index is 12.3. The first kappa shape index (κ1) is 21.6. The van der Waals surface area contributed by atoms with Crippen LogP contribution in [0.15, 0.2) is 47.6 Å². The maximum Gasteiger partial charge on any atom is 0.271 e. The average Bonchev–Trinajstić information content (AvgIpc) is 3.08. The molecule has 0 unspecified atom stereocenters. The van der Waals surface area contributed by atoms with Crippen LogP contribution in [-0.2, 0) is 11.8 Å². The molecular formula is C19H19ClN6O3S. The Hall–Kier alpha value is -3.11. The topological polar surface area (TPSA) is 106 Å². The van der Waals surface area contributed by atoms with Crippen molar-refractivity contribution in [2.45, 2.75) is 5.16 Å². The SMILES string of the molecule is CN(C)c1ccc(-c2nnc(SCC(=O)Nc3cc([N+](=O)[O-])ccc3Cl)n2C)cc1. The summed E-state index contributed by atoms with van der Waals surface area (Å²) in [5.74, 6) is 0.372. The summed E-state index contributed by atoms with van der Waals surface area (Å²) < 4.78 is 1.81. The second-order valence-corrected chi connectivity index (χ2v) is 7.91. The molecule has 0 saturated heterocycles. The summed E-state index contributed by atoms with van der Waals surface area (Å²) in [6, 6.07) is 11.8. The molecule has 1 N–H and O–H groups in total. The molecule has 156 valence electrons. The third-order valence-corrected chi connectivity index (χ3v) is 5.59. The Kier molecular flexibility index (Phi) is 6.58. The third kappa shape index (κ3) is 4.89. The maximum absolute atomic E-state index is 12.3. The molecule has 30 heavy (non-hydrogen) atoms. The van der Waals surface area contributed by atoms with E-state index in [0.29, 0.717) is 11.0 Å². The molecule has 3 aromatic rings. The lowest BCUT2D eigenvalue weighted by Crippen LogP contribution is -2.15. The number of halogens is 1. The number of nitrogens with one attached hydrogen (secondary N) is 1. The number of anilines is 2. The Balaban J connectivity index is 1.66. The van der Waals surface area contributed by atoms with Gasteiger partial charge in [0.25, 0.3) is 5.69 Å². The van der Waals surface area contributed by atoms with Crippen molar-refractivity contribution in [3.8, 4) is 11.4 Å². The zero-order valence-corrected chi connectivity index (χ0v) is 18.1. The number of thioether (sulfide) groups is 1. The second kappa shape index (κ2) is 9.14. The van der Waals surface area contributed by atoms with Crippen molar-refractivity contribution in [3.05, 3.63) is 57.6 Å². The summed E-state index contributed by atoms with van der Waals surface area (Å²) in [7, 11) is 5.77. The summed E-state index contributed by atoms with van der Waals surface area (Å²) in [4.78, 5) is 24.6. The van der Waals surface area contributed by atoms with Gasteiger partial charge in [-0.25, -0.2) is 0 Å². The molecule has 1 heterocycles. The lowest BCUT2D eigenvalue weighted by Gasteiger charge is -2.12. The Morgan fingerprint density at radius 3 is 2.57 bits per heavy atom. The number of hydrogen-bond donors (Lipinski definition) is 1. The van der Waals surface area contributed by atoms with E-state index < -0.39 is 4.92 Å². The molecule has 1 aromatic heterocycles. The summed E-state index contributed by atoms with van der Waals surface area (Å²) in [5.41, 5.74) is 2.03. The van der Waals surface area contributed by atoms with Gasteiger partial charge < -0.3 is 14.8 Å². The van der Waals surface area contributed by atoms with Crippen LogP contribution in [0.5, 0.6) is 0 Å². The highest BCUT2D eigenvalue weighted by molar-refractivity contribution is 7.99. The molecule has 0 saturated carbocycles. The number of nitro benzene ring substituents is 1. The molecule has 9 nitrogen and oxygen atoms in total. The molecule has 1 amide bonds. The fourth-order valence-electron chi connectivity index (χ4n) is 2.64. The van der Waals surface area contributed by atoms with E-state index in [1.807, 2.05) is 54.9 Å². The van der Waals surface area contributed by atoms with Crippen molar-refractivity contribution < 1.29 is 9.72 Å². The fraction of sp³-hybridized carbons (Fsp3) is 0.211. The van der Waals surface area contributed by atoms with Gasteiger partial charge in [-0.1, -0.05) is 23.4 Å². The number of carbonyl (C=O) groups is 1. The molecule has 0 bridgehead atoms. The number of carbonyl (C=O) groups excluding carboxylic acids is 1. The molecule has 0 spiro atoms. The number of benzene rings is 2. The monoisotopic (exact) mass is 446 g/mol. The van der Waals surface area contributed by atoms with Gasteiger partial charge in [0.05, 0.1) is 21.4 Å². The van der Waals surface area contributed by atoms with Crippen LogP contribution in [0.2, 0.25) is 5.02 Å². The van der Waals surface area contributed by atoms with Crippen molar-refractivity contribution in [2.75, 3.05) is 30.1 Å². The van der Waals surface area contributed by atoms with Crippen LogP contribution in [-0.4, -0.2) is 45.4 Å². The van der Waals surface area contributed by atoms with E-state index in [4.69, 9.17) is 11.6 Å². The summed E-state index contributed by atoms with van der Waals surface area (Å²) in [6.07, 6.45) is 0. The molecule has 3 rings (SSSR count). The molecule has 0 aliphatic heterocycles. The number of nitro groups is 1. The van der Waals surface area contributed by atoms with Crippen molar-refractivity contribution in [1.29, 1.82) is 0 Å². The minimum absolute atomic E-state index is 0.0462. The van der Waals surface area contributed by atoms with E-state index in [1.165, 1.54) is 30.0 Å². The van der Waals surface area contributed by atoms with Crippen LogP contribution in [0, 0.1) is 10.1 Å². The Morgan fingerprint density at radius 1 is 1.23 bits per heavy atom. The third-order valence-electron chi connectivity index (χ3n) is 4.24. The lowest BCUT2D eigenvalue weighted by molar-refractivity contribution is -0.384. The van der Waals surface area contributed by atoms with Crippen LogP contribution in [0.4, 0.5) is 17.1 Å². The number of rotatable bonds is 7. The molecule has 0 aliphatic carbocycles. The van der Waals surface area contributed by atoms with E-state index in [2.05, 4.69) is 15.5 Å². The van der Waals surface area contributed by atoms with Gasteiger partial charge in [0.1, 0.15) is 0 Å². The van der Waals surface area contributed by atoms with E-state index >= 15 is 0 Å². The molecule has 0 aliphatic rings. The van der Waals surface area contributed by atoms with Gasteiger partial charge in [0, 0.05) is 44.5 Å².